The molecular weight excluding hydrogens is 350 g/mol. The summed E-state index contributed by atoms with van der Waals surface area (Å²) in [4.78, 5) is 11.7. The number of anilines is 1. The molecule has 3 nitrogen and oxygen atoms in total. The van der Waals surface area contributed by atoms with Gasteiger partial charge in [-0.3, -0.25) is 0 Å². The van der Waals surface area contributed by atoms with Crippen molar-refractivity contribution in [3.8, 4) is 0 Å². The lowest BCUT2D eigenvalue weighted by molar-refractivity contribution is 0.0602. The van der Waals surface area contributed by atoms with Crippen molar-refractivity contribution in [3.05, 3.63) is 49.6 Å². The van der Waals surface area contributed by atoms with E-state index in [2.05, 4.69) is 21.2 Å². The van der Waals surface area contributed by atoms with Crippen LogP contribution in [0.2, 0.25) is 5.02 Å². The maximum atomic E-state index is 11.7. The van der Waals surface area contributed by atoms with E-state index in [0.717, 1.165) is 9.35 Å². The maximum absolute atomic E-state index is 11.7. The second-order valence-electron chi connectivity index (χ2n) is 3.79. The van der Waals surface area contributed by atoms with Crippen molar-refractivity contribution >= 4 is 50.5 Å². The van der Waals surface area contributed by atoms with Crippen LogP contribution in [0.3, 0.4) is 0 Å². The molecule has 1 heterocycles. The van der Waals surface area contributed by atoms with Crippen molar-refractivity contribution < 1.29 is 9.53 Å². The van der Waals surface area contributed by atoms with Gasteiger partial charge in [0.05, 0.1) is 16.5 Å². The highest BCUT2D eigenvalue weighted by Crippen LogP contribution is 2.24. The molecule has 1 aromatic carbocycles. The highest BCUT2D eigenvalue weighted by atomic mass is 79.9. The minimum absolute atomic E-state index is 0.406. The zero-order valence-electron chi connectivity index (χ0n) is 10.1. The number of carbonyl (C=O) groups excluding carboxylic acids is 1. The molecule has 100 valence electrons. The molecule has 0 radical (unpaired) electrons. The monoisotopic (exact) mass is 359 g/mol. The van der Waals surface area contributed by atoms with Crippen LogP contribution in [0.25, 0.3) is 0 Å². The molecule has 0 atom stereocenters. The predicted octanol–water partition coefficient (Wildman–Crippen LogP) is 4.56. The van der Waals surface area contributed by atoms with Crippen LogP contribution in [0.1, 0.15) is 15.9 Å². The van der Waals surface area contributed by atoms with E-state index in [-0.39, 0.29) is 0 Å². The van der Waals surface area contributed by atoms with Gasteiger partial charge < -0.3 is 10.1 Å². The van der Waals surface area contributed by atoms with Crippen molar-refractivity contribution in [2.24, 2.45) is 0 Å². The molecule has 0 saturated heterocycles. The Kier molecular flexibility index (Phi) is 4.85. The molecule has 1 N–H and O–H groups in total. The summed E-state index contributed by atoms with van der Waals surface area (Å²) in [6.07, 6.45) is 0. The van der Waals surface area contributed by atoms with E-state index in [1.807, 2.05) is 11.4 Å². The van der Waals surface area contributed by atoms with E-state index in [9.17, 15) is 4.79 Å². The zero-order valence-corrected chi connectivity index (χ0v) is 13.2. The van der Waals surface area contributed by atoms with Crippen molar-refractivity contribution in [2.45, 2.75) is 6.54 Å². The molecule has 2 rings (SSSR count). The summed E-state index contributed by atoms with van der Waals surface area (Å²) in [6, 6.07) is 7.14. The highest BCUT2D eigenvalue weighted by Gasteiger charge is 2.12. The minimum Gasteiger partial charge on any atom is -0.465 e. The zero-order chi connectivity index (χ0) is 13.8. The molecule has 0 saturated carbocycles. The molecule has 1 aromatic heterocycles. The van der Waals surface area contributed by atoms with Gasteiger partial charge in [-0.1, -0.05) is 11.6 Å². The first kappa shape index (κ1) is 14.4. The highest BCUT2D eigenvalue weighted by molar-refractivity contribution is 9.11. The molecule has 0 aliphatic rings. The minimum atomic E-state index is -0.406. The van der Waals surface area contributed by atoms with Crippen LogP contribution in [-0.4, -0.2) is 13.1 Å². The Labute approximate surface area is 128 Å². The Morgan fingerprint density at radius 1 is 1.47 bits per heavy atom. The molecule has 0 bridgehead atoms. The summed E-state index contributed by atoms with van der Waals surface area (Å²) in [6.45, 7) is 0.633. The van der Waals surface area contributed by atoms with Gasteiger partial charge in [-0.05, 0) is 51.1 Å². The Balaban J connectivity index is 2.17. The summed E-state index contributed by atoms with van der Waals surface area (Å²) < 4.78 is 5.82. The molecule has 2 aromatic rings. The summed E-state index contributed by atoms with van der Waals surface area (Å²) in [5, 5.41) is 5.76. The van der Waals surface area contributed by atoms with E-state index in [1.54, 1.807) is 29.5 Å². The topological polar surface area (TPSA) is 38.3 Å². The van der Waals surface area contributed by atoms with Crippen LogP contribution in [0.4, 0.5) is 5.69 Å². The number of halogens is 2. The van der Waals surface area contributed by atoms with Crippen molar-refractivity contribution in [1.82, 2.24) is 0 Å². The number of ether oxygens (including phenoxy) is 1. The standard InChI is InChI=1S/C13H11BrClNO2S/c1-18-13(17)10-5-9(15)2-3-11(10)16-6-8-4-12(14)19-7-8/h2-5,7,16H,6H2,1H3. The fraction of sp³-hybridized carbons (Fsp3) is 0.154. The van der Waals surface area contributed by atoms with E-state index in [4.69, 9.17) is 16.3 Å². The third-order valence-electron chi connectivity index (χ3n) is 2.49. The van der Waals surface area contributed by atoms with Crippen LogP contribution in [-0.2, 0) is 11.3 Å². The number of hydrogen-bond acceptors (Lipinski definition) is 4. The number of nitrogens with one attached hydrogen (secondary N) is 1. The normalized spacial score (nSPS) is 10.3. The van der Waals surface area contributed by atoms with Crippen LogP contribution in [0.5, 0.6) is 0 Å². The van der Waals surface area contributed by atoms with Gasteiger partial charge in [0.2, 0.25) is 0 Å². The average Bonchev–Trinajstić information content (AvgIpc) is 2.82. The van der Waals surface area contributed by atoms with E-state index in [0.29, 0.717) is 22.8 Å². The lowest BCUT2D eigenvalue weighted by Crippen LogP contribution is -2.08. The second-order valence-corrected chi connectivity index (χ2v) is 6.52. The number of rotatable bonds is 4. The second kappa shape index (κ2) is 6.41. The van der Waals surface area contributed by atoms with Gasteiger partial charge in [0.1, 0.15) is 0 Å². The molecular formula is C13H11BrClNO2S. The van der Waals surface area contributed by atoms with Crippen molar-refractivity contribution in [1.29, 1.82) is 0 Å². The van der Waals surface area contributed by atoms with Gasteiger partial charge in [-0.15, -0.1) is 11.3 Å². The molecule has 0 amide bonds. The number of thiophene rings is 1. The summed E-state index contributed by atoms with van der Waals surface area (Å²) >= 11 is 10.9. The number of hydrogen-bond donors (Lipinski definition) is 1. The van der Waals surface area contributed by atoms with Gasteiger partial charge in [0.25, 0.3) is 0 Å². The smallest absolute Gasteiger partial charge is 0.340 e. The molecule has 0 spiro atoms. The van der Waals surface area contributed by atoms with Crippen LogP contribution >= 0.6 is 38.9 Å². The predicted molar refractivity (Wildman–Crippen MR) is 82.1 cm³/mol. The summed E-state index contributed by atoms with van der Waals surface area (Å²) in [7, 11) is 1.35. The van der Waals surface area contributed by atoms with E-state index < -0.39 is 5.97 Å². The maximum Gasteiger partial charge on any atom is 0.340 e. The van der Waals surface area contributed by atoms with Crippen molar-refractivity contribution in [2.75, 3.05) is 12.4 Å². The largest absolute Gasteiger partial charge is 0.465 e. The van der Waals surface area contributed by atoms with Crippen LogP contribution < -0.4 is 5.32 Å². The number of benzene rings is 1. The quantitative estimate of drug-likeness (QED) is 0.812. The Hall–Kier alpha value is -1.04. The lowest BCUT2D eigenvalue weighted by atomic mass is 10.1. The third kappa shape index (κ3) is 3.72. The van der Waals surface area contributed by atoms with Crippen LogP contribution in [0.15, 0.2) is 33.4 Å². The first-order chi connectivity index (χ1) is 9.10. The SMILES string of the molecule is COC(=O)c1cc(Cl)ccc1NCc1csc(Br)c1. The Morgan fingerprint density at radius 3 is 2.89 bits per heavy atom. The fourth-order valence-electron chi connectivity index (χ4n) is 1.59. The summed E-state index contributed by atoms with van der Waals surface area (Å²) in [5.41, 5.74) is 2.28. The molecule has 0 aliphatic carbocycles. The average molecular weight is 361 g/mol. The number of methoxy groups -OCH3 is 1. The van der Waals surface area contributed by atoms with Gasteiger partial charge in [0, 0.05) is 17.3 Å². The summed E-state index contributed by atoms with van der Waals surface area (Å²) in [5.74, 6) is -0.406. The van der Waals surface area contributed by atoms with Gasteiger partial charge in [-0.25, -0.2) is 4.79 Å². The van der Waals surface area contributed by atoms with Gasteiger partial charge in [-0.2, -0.15) is 0 Å². The van der Waals surface area contributed by atoms with Crippen LogP contribution in [0, 0.1) is 0 Å². The Bertz CT molecular complexity index is 600. The molecule has 0 unspecified atom stereocenters. The molecule has 6 heteroatoms. The van der Waals surface area contributed by atoms with E-state index >= 15 is 0 Å². The lowest BCUT2D eigenvalue weighted by Gasteiger charge is -2.10. The van der Waals surface area contributed by atoms with Crippen molar-refractivity contribution in [3.63, 3.8) is 0 Å². The number of carbonyl (C=O) groups is 1. The van der Waals surface area contributed by atoms with E-state index in [1.165, 1.54) is 7.11 Å². The third-order valence-corrected chi connectivity index (χ3v) is 4.28. The first-order valence-electron chi connectivity index (χ1n) is 5.45. The fourth-order valence-corrected chi connectivity index (χ4v) is 2.97. The molecule has 19 heavy (non-hydrogen) atoms. The Morgan fingerprint density at radius 2 is 2.26 bits per heavy atom. The number of esters is 1. The molecule has 0 aliphatic heterocycles. The first-order valence-corrected chi connectivity index (χ1v) is 7.50. The van der Waals surface area contributed by atoms with Gasteiger partial charge in [0.15, 0.2) is 0 Å². The van der Waals surface area contributed by atoms with Gasteiger partial charge >= 0.3 is 5.97 Å². The molecule has 0 fully saturated rings.